The number of hydrogen-bond donors (Lipinski definition) is 3. The summed E-state index contributed by atoms with van der Waals surface area (Å²) < 4.78 is 28.2. The molecule has 180 valence electrons. The Hall–Kier alpha value is -2.97. The number of piperidine rings is 1. The number of benzene rings is 2. The van der Waals surface area contributed by atoms with Gasteiger partial charge < -0.3 is 10.6 Å². The third-order valence-corrected chi connectivity index (χ3v) is 7.30. The second kappa shape index (κ2) is 9.00. The molecule has 3 N–H and O–H groups in total. The molecule has 3 aromatic rings. The van der Waals surface area contributed by atoms with Crippen molar-refractivity contribution >= 4 is 21.5 Å². The van der Waals surface area contributed by atoms with E-state index in [1.54, 1.807) is 48.7 Å². The van der Waals surface area contributed by atoms with E-state index >= 15 is 0 Å². The van der Waals surface area contributed by atoms with Gasteiger partial charge in [-0.3, -0.25) is 4.72 Å². The number of sulfonamides is 1. The number of anilines is 2. The highest BCUT2D eigenvalue weighted by atomic mass is 32.2. The van der Waals surface area contributed by atoms with Crippen molar-refractivity contribution in [1.29, 1.82) is 0 Å². The number of rotatable bonds is 6. The van der Waals surface area contributed by atoms with Gasteiger partial charge in [0.1, 0.15) is 5.82 Å². The van der Waals surface area contributed by atoms with Gasteiger partial charge in [-0.1, -0.05) is 29.8 Å². The maximum absolute atomic E-state index is 12.8. The van der Waals surface area contributed by atoms with Crippen LogP contribution in [0.2, 0.25) is 0 Å². The van der Waals surface area contributed by atoms with E-state index in [1.165, 1.54) is 0 Å². The van der Waals surface area contributed by atoms with Gasteiger partial charge in [0.25, 0.3) is 10.0 Å². The Balaban J connectivity index is 1.53. The fraction of sp³-hybridized carbons (Fsp3) is 0.385. The zero-order valence-corrected chi connectivity index (χ0v) is 21.2. The first-order chi connectivity index (χ1) is 15.9. The summed E-state index contributed by atoms with van der Waals surface area (Å²) in [5.41, 5.74) is 2.25. The van der Waals surface area contributed by atoms with Crippen molar-refractivity contribution in [2.75, 3.05) is 10.0 Å². The second-order valence-corrected chi connectivity index (χ2v) is 12.1. The molecule has 0 radical (unpaired) electrons. The van der Waals surface area contributed by atoms with Gasteiger partial charge >= 0.3 is 0 Å². The number of aromatic nitrogens is 2. The highest BCUT2D eigenvalue weighted by Crippen LogP contribution is 2.30. The van der Waals surface area contributed by atoms with E-state index in [0.717, 1.165) is 29.8 Å². The molecule has 1 saturated heterocycles. The Morgan fingerprint density at radius 1 is 0.971 bits per heavy atom. The molecule has 0 atom stereocenters. The van der Waals surface area contributed by atoms with E-state index in [9.17, 15) is 8.42 Å². The van der Waals surface area contributed by atoms with E-state index < -0.39 is 10.0 Å². The maximum Gasteiger partial charge on any atom is 0.261 e. The van der Waals surface area contributed by atoms with Crippen LogP contribution in [-0.2, 0) is 10.0 Å². The molecule has 0 saturated carbocycles. The normalized spacial score (nSPS) is 17.8. The van der Waals surface area contributed by atoms with E-state index in [-0.39, 0.29) is 22.0 Å². The first-order valence-electron chi connectivity index (χ1n) is 11.5. The minimum Gasteiger partial charge on any atom is -0.367 e. The maximum atomic E-state index is 12.8. The molecular weight excluding hydrogens is 446 g/mol. The molecule has 0 spiro atoms. The number of aryl methyl sites for hydroxylation is 1. The van der Waals surface area contributed by atoms with Crippen molar-refractivity contribution in [1.82, 2.24) is 15.3 Å². The minimum absolute atomic E-state index is 0.0260. The molecule has 1 aromatic heterocycles. The third kappa shape index (κ3) is 5.93. The summed E-state index contributed by atoms with van der Waals surface area (Å²) >= 11 is 0. The first-order valence-corrected chi connectivity index (χ1v) is 13.0. The zero-order chi connectivity index (χ0) is 24.6. The molecule has 8 heteroatoms. The van der Waals surface area contributed by atoms with Gasteiger partial charge in [0, 0.05) is 34.6 Å². The van der Waals surface area contributed by atoms with Crippen LogP contribution in [0.3, 0.4) is 0 Å². The Kier molecular flexibility index (Phi) is 6.40. The minimum atomic E-state index is -3.69. The predicted octanol–water partition coefficient (Wildman–Crippen LogP) is 4.97. The standard InChI is InChI=1S/C26H33N5O2S/c1-18-9-11-22(12-10-18)34(32,33)30-20-8-6-7-19(15-20)24-27-14-13-23(29-24)28-21-16-25(2,3)31-26(4,5)17-21/h6-15,21,30-31H,16-17H2,1-5H3,(H,27,28,29). The molecule has 2 heterocycles. The average Bonchev–Trinajstić information content (AvgIpc) is 2.72. The van der Waals surface area contributed by atoms with Crippen molar-refractivity contribution in [3.63, 3.8) is 0 Å². The lowest BCUT2D eigenvalue weighted by Gasteiger charge is -2.46. The van der Waals surface area contributed by atoms with Crippen LogP contribution in [-0.4, -0.2) is 35.5 Å². The summed E-state index contributed by atoms with van der Waals surface area (Å²) in [5.74, 6) is 1.29. The van der Waals surface area contributed by atoms with E-state index in [4.69, 9.17) is 4.98 Å². The fourth-order valence-electron chi connectivity index (χ4n) is 4.86. The summed E-state index contributed by atoms with van der Waals surface area (Å²) in [6.07, 6.45) is 3.68. The molecule has 1 aliphatic rings. The number of nitrogens with one attached hydrogen (secondary N) is 3. The van der Waals surface area contributed by atoms with Crippen molar-refractivity contribution in [2.45, 2.75) is 69.5 Å². The first kappa shape index (κ1) is 24.2. The SMILES string of the molecule is Cc1ccc(S(=O)(=O)Nc2cccc(-c3nccc(NC4CC(C)(C)NC(C)(C)C4)n3)c2)cc1. The van der Waals surface area contributed by atoms with Gasteiger partial charge in [-0.15, -0.1) is 0 Å². The Labute approximate surface area is 202 Å². The molecule has 0 amide bonds. The summed E-state index contributed by atoms with van der Waals surface area (Å²) in [7, 11) is -3.69. The van der Waals surface area contributed by atoms with Gasteiger partial charge in [0.05, 0.1) is 4.90 Å². The molecule has 0 aliphatic carbocycles. The van der Waals surface area contributed by atoms with Crippen LogP contribution < -0.4 is 15.4 Å². The smallest absolute Gasteiger partial charge is 0.261 e. The van der Waals surface area contributed by atoms with Crippen LogP contribution in [0.15, 0.2) is 65.7 Å². The molecule has 2 aromatic carbocycles. The summed E-state index contributed by atoms with van der Waals surface area (Å²) in [6, 6.07) is 16.1. The lowest BCUT2D eigenvalue weighted by atomic mass is 9.79. The summed E-state index contributed by atoms with van der Waals surface area (Å²) in [6.45, 7) is 10.8. The summed E-state index contributed by atoms with van der Waals surface area (Å²) in [4.78, 5) is 9.36. The van der Waals surface area contributed by atoms with Gasteiger partial charge in [-0.2, -0.15) is 0 Å². The second-order valence-electron chi connectivity index (χ2n) is 10.4. The average molecular weight is 480 g/mol. The van der Waals surface area contributed by atoms with Gasteiger partial charge in [-0.25, -0.2) is 18.4 Å². The quantitative estimate of drug-likeness (QED) is 0.462. The van der Waals surface area contributed by atoms with Crippen LogP contribution in [0.4, 0.5) is 11.5 Å². The van der Waals surface area contributed by atoms with E-state index in [1.807, 2.05) is 19.1 Å². The highest BCUT2D eigenvalue weighted by Gasteiger charge is 2.37. The molecule has 0 bridgehead atoms. The molecule has 0 unspecified atom stereocenters. The zero-order valence-electron chi connectivity index (χ0n) is 20.4. The van der Waals surface area contributed by atoms with Crippen molar-refractivity contribution < 1.29 is 8.42 Å². The van der Waals surface area contributed by atoms with Crippen LogP contribution in [0.1, 0.15) is 46.1 Å². The number of hydrogen-bond acceptors (Lipinski definition) is 6. The van der Waals surface area contributed by atoms with Gasteiger partial charge in [0.15, 0.2) is 5.82 Å². The molecule has 1 fully saturated rings. The van der Waals surface area contributed by atoms with Gasteiger partial charge in [-0.05, 0) is 77.8 Å². The molecule has 4 rings (SSSR count). The highest BCUT2D eigenvalue weighted by molar-refractivity contribution is 7.92. The van der Waals surface area contributed by atoms with E-state index in [2.05, 4.69) is 48.0 Å². The van der Waals surface area contributed by atoms with Crippen LogP contribution >= 0.6 is 0 Å². The van der Waals surface area contributed by atoms with Crippen molar-refractivity contribution in [3.8, 4) is 11.4 Å². The Bertz CT molecular complexity index is 1250. The lowest BCUT2D eigenvalue weighted by molar-refractivity contribution is 0.170. The van der Waals surface area contributed by atoms with E-state index in [0.29, 0.717) is 11.5 Å². The Morgan fingerprint density at radius 2 is 1.65 bits per heavy atom. The molecular formula is C26H33N5O2S. The Morgan fingerprint density at radius 3 is 2.32 bits per heavy atom. The molecule has 7 nitrogen and oxygen atoms in total. The van der Waals surface area contributed by atoms with Crippen LogP contribution in [0.25, 0.3) is 11.4 Å². The summed E-state index contributed by atoms with van der Waals surface area (Å²) in [5, 5.41) is 7.27. The topological polar surface area (TPSA) is 96.0 Å². The largest absolute Gasteiger partial charge is 0.367 e. The van der Waals surface area contributed by atoms with Crippen LogP contribution in [0.5, 0.6) is 0 Å². The monoisotopic (exact) mass is 479 g/mol. The van der Waals surface area contributed by atoms with Crippen LogP contribution in [0, 0.1) is 6.92 Å². The van der Waals surface area contributed by atoms with Gasteiger partial charge in [0.2, 0.25) is 0 Å². The lowest BCUT2D eigenvalue weighted by Crippen LogP contribution is -2.60. The number of nitrogens with zero attached hydrogens (tertiary/aromatic N) is 2. The molecule has 34 heavy (non-hydrogen) atoms. The van der Waals surface area contributed by atoms with Crippen molar-refractivity contribution in [3.05, 3.63) is 66.4 Å². The molecule has 1 aliphatic heterocycles. The fourth-order valence-corrected chi connectivity index (χ4v) is 5.91. The third-order valence-electron chi connectivity index (χ3n) is 5.90. The van der Waals surface area contributed by atoms with Crippen molar-refractivity contribution in [2.24, 2.45) is 0 Å². The predicted molar refractivity (Wildman–Crippen MR) is 137 cm³/mol.